The van der Waals surface area contributed by atoms with E-state index in [4.69, 9.17) is 11.6 Å². The number of nitrogens with zero attached hydrogens (tertiary/aromatic N) is 2. The summed E-state index contributed by atoms with van der Waals surface area (Å²) >= 11 is 6.19. The molecule has 1 aromatic heterocycles. The molecule has 0 atom stereocenters. The zero-order valence-electron chi connectivity index (χ0n) is 10.7. The van der Waals surface area contributed by atoms with Crippen LogP contribution in [0.4, 0.5) is 0 Å². The Kier molecular flexibility index (Phi) is 3.76. The molecule has 19 heavy (non-hydrogen) atoms. The van der Waals surface area contributed by atoms with Crippen molar-refractivity contribution in [2.45, 2.75) is 19.3 Å². The fraction of sp³-hybridized carbons (Fsp3) is 0.333. The molecular formula is C15H16ClN3. The van der Waals surface area contributed by atoms with E-state index in [1.807, 2.05) is 24.3 Å². The first-order valence-electron chi connectivity index (χ1n) is 6.61. The third kappa shape index (κ3) is 2.94. The van der Waals surface area contributed by atoms with Crippen LogP contribution >= 0.6 is 11.6 Å². The largest absolute Gasteiger partial charge is 0.316 e. The molecule has 0 saturated heterocycles. The normalized spacial score (nSPS) is 14.8. The molecule has 1 aliphatic heterocycles. The van der Waals surface area contributed by atoms with Gasteiger partial charge in [0.15, 0.2) is 0 Å². The molecule has 0 fully saturated rings. The van der Waals surface area contributed by atoms with Crippen molar-refractivity contribution in [1.29, 1.82) is 0 Å². The van der Waals surface area contributed by atoms with Crippen molar-refractivity contribution in [3.05, 3.63) is 57.9 Å². The topological polar surface area (TPSA) is 37.8 Å². The van der Waals surface area contributed by atoms with Crippen molar-refractivity contribution in [3.63, 3.8) is 0 Å². The second-order valence-corrected chi connectivity index (χ2v) is 5.23. The third-order valence-electron chi connectivity index (χ3n) is 3.45. The van der Waals surface area contributed by atoms with Crippen molar-refractivity contribution >= 4 is 11.6 Å². The van der Waals surface area contributed by atoms with E-state index in [2.05, 4.69) is 21.6 Å². The van der Waals surface area contributed by atoms with Gasteiger partial charge in [-0.15, -0.1) is 0 Å². The predicted octanol–water partition coefficient (Wildman–Crippen LogP) is 2.41. The molecule has 3 nitrogen and oxygen atoms in total. The van der Waals surface area contributed by atoms with Gasteiger partial charge in [-0.05, 0) is 36.2 Å². The smallest absolute Gasteiger partial charge is 0.0678 e. The van der Waals surface area contributed by atoms with Crippen molar-refractivity contribution in [1.82, 2.24) is 15.5 Å². The second-order valence-electron chi connectivity index (χ2n) is 4.83. The first-order chi connectivity index (χ1) is 9.33. The molecule has 1 aromatic carbocycles. The first kappa shape index (κ1) is 12.6. The van der Waals surface area contributed by atoms with Crippen LogP contribution in [0.3, 0.4) is 0 Å². The lowest BCUT2D eigenvalue weighted by Gasteiger charge is -2.07. The van der Waals surface area contributed by atoms with E-state index in [9.17, 15) is 0 Å². The van der Waals surface area contributed by atoms with Crippen LogP contribution in [-0.4, -0.2) is 23.3 Å². The molecule has 1 aliphatic rings. The summed E-state index contributed by atoms with van der Waals surface area (Å²) in [5, 5.41) is 12.9. The molecule has 2 heterocycles. The average molecular weight is 274 g/mol. The van der Waals surface area contributed by atoms with Crippen LogP contribution in [0.2, 0.25) is 5.02 Å². The average Bonchev–Trinajstić information content (AvgIpc) is 2.66. The summed E-state index contributed by atoms with van der Waals surface area (Å²) in [5.41, 5.74) is 4.55. The second kappa shape index (κ2) is 5.68. The van der Waals surface area contributed by atoms with Gasteiger partial charge >= 0.3 is 0 Å². The highest BCUT2D eigenvalue weighted by Crippen LogP contribution is 2.19. The molecule has 4 heteroatoms. The number of rotatable bonds is 2. The summed E-state index contributed by atoms with van der Waals surface area (Å²) in [6, 6.07) is 10.1. The number of benzene rings is 1. The van der Waals surface area contributed by atoms with Gasteiger partial charge < -0.3 is 5.32 Å². The van der Waals surface area contributed by atoms with Gasteiger partial charge in [0.25, 0.3) is 0 Å². The quantitative estimate of drug-likeness (QED) is 0.913. The van der Waals surface area contributed by atoms with Gasteiger partial charge in [-0.3, -0.25) is 0 Å². The fourth-order valence-corrected chi connectivity index (χ4v) is 2.61. The minimum absolute atomic E-state index is 0.743. The fourth-order valence-electron chi connectivity index (χ4n) is 2.41. The Labute approximate surface area is 118 Å². The van der Waals surface area contributed by atoms with Crippen LogP contribution in [0.1, 0.15) is 22.5 Å². The van der Waals surface area contributed by atoms with Crippen LogP contribution in [0, 0.1) is 0 Å². The number of hydrogen-bond donors (Lipinski definition) is 1. The molecule has 0 saturated carbocycles. The first-order valence-corrected chi connectivity index (χ1v) is 6.99. The molecule has 0 unspecified atom stereocenters. The molecule has 98 valence electrons. The minimum Gasteiger partial charge on any atom is -0.316 e. The van der Waals surface area contributed by atoms with Crippen molar-refractivity contribution in [2.24, 2.45) is 0 Å². The third-order valence-corrected chi connectivity index (χ3v) is 3.82. The Morgan fingerprint density at radius 3 is 2.84 bits per heavy atom. The van der Waals surface area contributed by atoms with Crippen LogP contribution in [0.25, 0.3) is 0 Å². The number of aromatic nitrogens is 2. The Morgan fingerprint density at radius 2 is 1.95 bits per heavy atom. The Balaban J connectivity index is 1.86. The lowest BCUT2D eigenvalue weighted by Crippen LogP contribution is -2.16. The van der Waals surface area contributed by atoms with Gasteiger partial charge in [0.2, 0.25) is 0 Å². The summed E-state index contributed by atoms with van der Waals surface area (Å²) in [4.78, 5) is 0. The molecule has 0 radical (unpaired) electrons. The summed E-state index contributed by atoms with van der Waals surface area (Å²) in [6.45, 7) is 2.01. The zero-order valence-corrected chi connectivity index (χ0v) is 11.5. The highest BCUT2D eigenvalue weighted by atomic mass is 35.5. The van der Waals surface area contributed by atoms with Crippen LogP contribution < -0.4 is 5.32 Å². The van der Waals surface area contributed by atoms with E-state index in [-0.39, 0.29) is 0 Å². The molecule has 3 rings (SSSR count). The molecule has 2 aromatic rings. The van der Waals surface area contributed by atoms with Crippen LogP contribution in [0.15, 0.2) is 30.3 Å². The summed E-state index contributed by atoms with van der Waals surface area (Å²) in [6.07, 6.45) is 2.74. The number of halogens is 1. The van der Waals surface area contributed by atoms with Crippen molar-refractivity contribution in [3.8, 4) is 0 Å². The summed E-state index contributed by atoms with van der Waals surface area (Å²) < 4.78 is 0. The van der Waals surface area contributed by atoms with Gasteiger partial charge in [-0.1, -0.05) is 29.8 Å². The monoisotopic (exact) mass is 273 g/mol. The molecule has 0 aliphatic carbocycles. The number of hydrogen-bond acceptors (Lipinski definition) is 3. The molecule has 0 bridgehead atoms. The van der Waals surface area contributed by atoms with Gasteiger partial charge in [-0.2, -0.15) is 10.2 Å². The van der Waals surface area contributed by atoms with E-state index >= 15 is 0 Å². The highest BCUT2D eigenvalue weighted by Gasteiger charge is 2.11. The molecule has 0 spiro atoms. The summed E-state index contributed by atoms with van der Waals surface area (Å²) in [7, 11) is 0. The standard InChI is InChI=1S/C15H16ClN3/c16-14-4-2-1-3-11(14)9-13-10-12-5-7-17-8-6-15(12)19-18-13/h1-4,10,17H,5-9H2. The van der Waals surface area contributed by atoms with E-state index in [1.54, 1.807) is 0 Å². The lowest BCUT2D eigenvalue weighted by atomic mass is 10.1. The summed E-state index contributed by atoms with van der Waals surface area (Å²) in [5.74, 6) is 0. The van der Waals surface area contributed by atoms with Crippen LogP contribution in [-0.2, 0) is 19.3 Å². The van der Waals surface area contributed by atoms with Crippen molar-refractivity contribution < 1.29 is 0 Å². The molecule has 0 amide bonds. The highest BCUT2D eigenvalue weighted by molar-refractivity contribution is 6.31. The zero-order chi connectivity index (χ0) is 13.1. The SMILES string of the molecule is Clc1ccccc1Cc1cc2c(nn1)CCNCC2. The van der Waals surface area contributed by atoms with E-state index < -0.39 is 0 Å². The van der Waals surface area contributed by atoms with Crippen LogP contribution in [0.5, 0.6) is 0 Å². The van der Waals surface area contributed by atoms with Gasteiger partial charge in [0, 0.05) is 24.4 Å². The van der Waals surface area contributed by atoms with E-state index in [0.29, 0.717) is 0 Å². The van der Waals surface area contributed by atoms with Crippen molar-refractivity contribution in [2.75, 3.05) is 13.1 Å². The molecule has 1 N–H and O–H groups in total. The van der Waals surface area contributed by atoms with Gasteiger partial charge in [0.05, 0.1) is 11.4 Å². The van der Waals surface area contributed by atoms with E-state index in [1.165, 1.54) is 5.56 Å². The minimum atomic E-state index is 0.743. The number of fused-ring (bicyclic) bond motifs is 1. The van der Waals surface area contributed by atoms with Gasteiger partial charge in [0.1, 0.15) is 0 Å². The maximum absolute atomic E-state index is 6.19. The van der Waals surface area contributed by atoms with Gasteiger partial charge in [-0.25, -0.2) is 0 Å². The Bertz CT molecular complexity index is 583. The Hall–Kier alpha value is -1.45. The predicted molar refractivity (Wildman–Crippen MR) is 76.6 cm³/mol. The maximum atomic E-state index is 6.19. The molecular weight excluding hydrogens is 258 g/mol. The maximum Gasteiger partial charge on any atom is 0.0678 e. The lowest BCUT2D eigenvalue weighted by molar-refractivity contribution is 0.706. The number of nitrogens with one attached hydrogen (secondary N) is 1. The van der Waals surface area contributed by atoms with E-state index in [0.717, 1.165) is 54.3 Å². The Morgan fingerprint density at radius 1 is 1.11 bits per heavy atom.